The smallest absolute Gasteiger partial charge is 0.231 e. The van der Waals surface area contributed by atoms with Gasteiger partial charge in [-0.1, -0.05) is 43.6 Å². The van der Waals surface area contributed by atoms with Crippen LogP contribution < -0.4 is 14.8 Å². The van der Waals surface area contributed by atoms with Crippen LogP contribution in [0.3, 0.4) is 0 Å². The quantitative estimate of drug-likeness (QED) is 0.842. The lowest BCUT2D eigenvalue weighted by molar-refractivity contribution is -0.124. The van der Waals surface area contributed by atoms with Gasteiger partial charge < -0.3 is 14.8 Å². The molecule has 1 N–H and O–H groups in total. The topological polar surface area (TPSA) is 47.6 Å². The highest BCUT2D eigenvalue weighted by Crippen LogP contribution is 2.34. The number of carbonyl (C=O) groups is 1. The summed E-state index contributed by atoms with van der Waals surface area (Å²) in [4.78, 5) is 12.9. The van der Waals surface area contributed by atoms with Crippen LogP contribution in [0, 0.1) is 5.92 Å². The number of nitrogens with one attached hydrogen (secondary N) is 1. The largest absolute Gasteiger partial charge is 0.454 e. The standard InChI is InChI=1S/C20H22ClNO3/c1-12(2)19(14-4-7-16(21)8-5-14)20(23)22-13(3)15-6-9-17-18(10-15)25-11-24-17/h4-10,12-13,19H,11H2,1-3H3,(H,22,23)/t13-,19-/m0/s1. The Morgan fingerprint density at radius 2 is 1.64 bits per heavy atom. The van der Waals surface area contributed by atoms with Crippen LogP contribution in [0.4, 0.5) is 0 Å². The summed E-state index contributed by atoms with van der Waals surface area (Å²) in [5.41, 5.74) is 1.95. The Hall–Kier alpha value is -2.20. The Kier molecular flexibility index (Phi) is 5.19. The molecule has 0 unspecified atom stereocenters. The molecule has 2 atom stereocenters. The first-order valence-electron chi connectivity index (χ1n) is 8.41. The fourth-order valence-corrected chi connectivity index (χ4v) is 3.20. The second-order valence-electron chi connectivity index (χ2n) is 6.62. The predicted octanol–water partition coefficient (Wildman–Crippen LogP) is 4.69. The van der Waals surface area contributed by atoms with Gasteiger partial charge in [-0.15, -0.1) is 0 Å². The Morgan fingerprint density at radius 1 is 1.00 bits per heavy atom. The van der Waals surface area contributed by atoms with Gasteiger partial charge >= 0.3 is 0 Å². The minimum atomic E-state index is -0.228. The first kappa shape index (κ1) is 17.6. The van der Waals surface area contributed by atoms with Crippen LogP contribution in [0.25, 0.3) is 0 Å². The van der Waals surface area contributed by atoms with Crippen molar-refractivity contribution in [3.05, 3.63) is 58.6 Å². The van der Waals surface area contributed by atoms with Gasteiger partial charge in [0.15, 0.2) is 11.5 Å². The number of benzene rings is 2. The van der Waals surface area contributed by atoms with Gasteiger partial charge in [0.05, 0.1) is 12.0 Å². The SMILES string of the molecule is CC(C)[C@H](C(=O)N[C@@H](C)c1ccc2c(c1)OCO2)c1ccc(Cl)cc1. The average molecular weight is 360 g/mol. The van der Waals surface area contributed by atoms with E-state index >= 15 is 0 Å². The zero-order valence-corrected chi connectivity index (χ0v) is 15.3. The maximum atomic E-state index is 12.9. The number of hydrogen-bond acceptors (Lipinski definition) is 3. The third-order valence-corrected chi connectivity index (χ3v) is 4.69. The molecule has 5 heteroatoms. The lowest BCUT2D eigenvalue weighted by Gasteiger charge is -2.24. The van der Waals surface area contributed by atoms with E-state index in [0.717, 1.165) is 22.6 Å². The van der Waals surface area contributed by atoms with Gasteiger partial charge in [0, 0.05) is 5.02 Å². The first-order chi connectivity index (χ1) is 12.0. The second kappa shape index (κ2) is 7.36. The summed E-state index contributed by atoms with van der Waals surface area (Å²) < 4.78 is 10.7. The van der Waals surface area contributed by atoms with Crippen molar-refractivity contribution in [1.82, 2.24) is 5.32 Å². The Bertz CT molecular complexity index is 758. The zero-order chi connectivity index (χ0) is 18.0. The van der Waals surface area contributed by atoms with Crippen molar-refractivity contribution in [2.24, 2.45) is 5.92 Å². The van der Waals surface area contributed by atoms with E-state index in [1.54, 1.807) is 0 Å². The second-order valence-corrected chi connectivity index (χ2v) is 7.05. The lowest BCUT2D eigenvalue weighted by Crippen LogP contribution is -2.34. The molecule has 0 saturated heterocycles. The number of fused-ring (bicyclic) bond motifs is 1. The van der Waals surface area contributed by atoms with Crippen molar-refractivity contribution in [1.29, 1.82) is 0 Å². The van der Waals surface area contributed by atoms with Crippen LogP contribution in [0.15, 0.2) is 42.5 Å². The first-order valence-corrected chi connectivity index (χ1v) is 8.79. The van der Waals surface area contributed by atoms with E-state index < -0.39 is 0 Å². The highest BCUT2D eigenvalue weighted by atomic mass is 35.5. The van der Waals surface area contributed by atoms with Crippen molar-refractivity contribution in [3.63, 3.8) is 0 Å². The van der Waals surface area contributed by atoms with Crippen LogP contribution in [0.1, 0.15) is 43.9 Å². The van der Waals surface area contributed by atoms with Gasteiger partial charge in [0.25, 0.3) is 0 Å². The third kappa shape index (κ3) is 3.90. The van der Waals surface area contributed by atoms with Crippen LogP contribution in [0.2, 0.25) is 5.02 Å². The minimum Gasteiger partial charge on any atom is -0.454 e. The summed E-state index contributed by atoms with van der Waals surface area (Å²) in [6.45, 7) is 6.30. The molecule has 2 aromatic rings. The molecule has 1 aliphatic heterocycles. The van der Waals surface area contributed by atoms with Gasteiger partial charge in [-0.2, -0.15) is 0 Å². The predicted molar refractivity (Wildman–Crippen MR) is 98.2 cm³/mol. The van der Waals surface area contributed by atoms with Gasteiger partial charge in [-0.05, 0) is 48.2 Å². The molecular formula is C20H22ClNO3. The maximum Gasteiger partial charge on any atom is 0.231 e. The normalized spacial score (nSPS) is 15.1. The molecule has 0 saturated carbocycles. The van der Waals surface area contributed by atoms with Crippen molar-refractivity contribution < 1.29 is 14.3 Å². The Labute approximate surface area is 153 Å². The number of amides is 1. The third-order valence-electron chi connectivity index (χ3n) is 4.43. The molecule has 0 aromatic heterocycles. The highest BCUT2D eigenvalue weighted by Gasteiger charge is 2.26. The molecule has 0 spiro atoms. The Morgan fingerprint density at radius 3 is 2.32 bits per heavy atom. The van der Waals surface area contributed by atoms with Gasteiger partial charge in [-0.25, -0.2) is 0 Å². The number of rotatable bonds is 5. The number of carbonyl (C=O) groups excluding carboxylic acids is 1. The maximum absolute atomic E-state index is 12.9. The van der Waals surface area contributed by atoms with Crippen LogP contribution in [-0.2, 0) is 4.79 Å². The number of hydrogen-bond donors (Lipinski definition) is 1. The molecule has 1 amide bonds. The Balaban J connectivity index is 1.75. The van der Waals surface area contributed by atoms with E-state index in [1.807, 2.05) is 63.2 Å². The molecule has 4 nitrogen and oxygen atoms in total. The van der Waals surface area contributed by atoms with E-state index in [4.69, 9.17) is 21.1 Å². The number of ether oxygens (including phenoxy) is 2. The number of halogens is 1. The summed E-state index contributed by atoms with van der Waals surface area (Å²) >= 11 is 5.96. The summed E-state index contributed by atoms with van der Waals surface area (Å²) in [5, 5.41) is 3.78. The molecule has 0 fully saturated rings. The fraction of sp³-hybridized carbons (Fsp3) is 0.350. The van der Waals surface area contributed by atoms with Crippen molar-refractivity contribution in [3.8, 4) is 11.5 Å². The molecule has 1 aliphatic rings. The molecule has 2 aromatic carbocycles. The van der Waals surface area contributed by atoms with Crippen LogP contribution >= 0.6 is 11.6 Å². The molecule has 3 rings (SSSR count). The molecule has 25 heavy (non-hydrogen) atoms. The molecule has 1 heterocycles. The van der Waals surface area contributed by atoms with E-state index in [0.29, 0.717) is 5.02 Å². The minimum absolute atomic E-state index is 0.00230. The van der Waals surface area contributed by atoms with E-state index in [1.165, 1.54) is 0 Å². The molecule has 0 bridgehead atoms. The van der Waals surface area contributed by atoms with Crippen LogP contribution in [-0.4, -0.2) is 12.7 Å². The average Bonchev–Trinajstić information content (AvgIpc) is 3.04. The fourth-order valence-electron chi connectivity index (χ4n) is 3.08. The highest BCUT2D eigenvalue weighted by molar-refractivity contribution is 6.30. The molecule has 0 aliphatic carbocycles. The summed E-state index contributed by atoms with van der Waals surface area (Å²) in [5.74, 6) is 1.40. The summed E-state index contributed by atoms with van der Waals surface area (Å²) in [6.07, 6.45) is 0. The van der Waals surface area contributed by atoms with Gasteiger partial charge in [-0.3, -0.25) is 4.79 Å². The lowest BCUT2D eigenvalue weighted by atomic mass is 9.87. The van der Waals surface area contributed by atoms with Crippen molar-refractivity contribution >= 4 is 17.5 Å². The monoisotopic (exact) mass is 359 g/mol. The van der Waals surface area contributed by atoms with Crippen molar-refractivity contribution in [2.45, 2.75) is 32.7 Å². The molecular weight excluding hydrogens is 338 g/mol. The van der Waals surface area contributed by atoms with E-state index in [9.17, 15) is 4.79 Å². The van der Waals surface area contributed by atoms with Crippen LogP contribution in [0.5, 0.6) is 11.5 Å². The van der Waals surface area contributed by atoms with E-state index in [-0.39, 0.29) is 30.6 Å². The molecule has 132 valence electrons. The zero-order valence-electron chi connectivity index (χ0n) is 14.6. The van der Waals surface area contributed by atoms with E-state index in [2.05, 4.69) is 5.32 Å². The molecule has 0 radical (unpaired) electrons. The van der Waals surface area contributed by atoms with Crippen molar-refractivity contribution in [2.75, 3.05) is 6.79 Å². The summed E-state index contributed by atoms with van der Waals surface area (Å²) in [7, 11) is 0. The van der Waals surface area contributed by atoms with Gasteiger partial charge in [0.1, 0.15) is 0 Å². The summed E-state index contributed by atoms with van der Waals surface area (Å²) in [6, 6.07) is 13.1. The van der Waals surface area contributed by atoms with Gasteiger partial charge in [0.2, 0.25) is 12.7 Å².